The minimum atomic E-state index is -0.845. The molecule has 0 spiro atoms. The summed E-state index contributed by atoms with van der Waals surface area (Å²) in [6.07, 6.45) is 3.16. The molecule has 0 radical (unpaired) electrons. The summed E-state index contributed by atoms with van der Waals surface area (Å²) in [4.78, 5) is 7.90. The molecule has 0 aliphatic heterocycles. The first kappa shape index (κ1) is 8.75. The van der Waals surface area contributed by atoms with Gasteiger partial charge >= 0.3 is 0 Å². The molecule has 1 heterocycles. The summed E-state index contributed by atoms with van der Waals surface area (Å²) >= 11 is 0. The molecule has 62 valence electrons. The van der Waals surface area contributed by atoms with Crippen molar-refractivity contribution in [1.82, 2.24) is 9.97 Å². The van der Waals surface area contributed by atoms with Crippen molar-refractivity contribution in [2.75, 3.05) is 5.73 Å². The van der Waals surface area contributed by atoms with Crippen molar-refractivity contribution in [1.29, 1.82) is 0 Å². The second-order valence-corrected chi connectivity index (χ2v) is 5.31. The van der Waals surface area contributed by atoms with E-state index in [-0.39, 0.29) is 0 Å². The molecule has 0 aliphatic rings. The predicted molar refractivity (Wildman–Crippen MR) is 52.2 cm³/mol. The lowest BCUT2D eigenvalue weighted by Gasteiger charge is -1.93. The number of nitrogen functional groups attached to an aromatic ring is 1. The third kappa shape index (κ3) is 2.36. The number of rotatable bonds is 0. The molecule has 1 rings (SSSR count). The smallest absolute Gasteiger partial charge is 0.158 e. The molecule has 0 fully saturated rings. The summed E-state index contributed by atoms with van der Waals surface area (Å²) in [5, 5.41) is 0. The first-order valence-corrected chi connectivity index (χ1v) is 6.67. The van der Waals surface area contributed by atoms with Crippen molar-refractivity contribution >= 4 is 14.6 Å². The Labute approximate surface area is 73.6 Å². The van der Waals surface area contributed by atoms with Crippen LogP contribution < -0.4 is 5.73 Å². The Morgan fingerprint density at radius 3 is 2.58 bits per heavy atom. The third-order valence-corrected chi connectivity index (χ3v) is 1.93. The van der Waals surface area contributed by atoms with Crippen LogP contribution in [0.4, 0.5) is 5.82 Å². The number of aromatic nitrogens is 2. The van der Waals surface area contributed by atoms with E-state index >= 15 is 0 Å². The fraction of sp³-hybridized carbons (Fsp3) is 0.250. The second kappa shape index (κ2) is 3.88. The molecule has 4 heteroatoms. The Morgan fingerprint density at radius 1 is 1.33 bits per heavy atom. The predicted octanol–water partition coefficient (Wildman–Crippen LogP) is 0.436. The van der Waals surface area contributed by atoms with Gasteiger partial charge in [0.2, 0.25) is 0 Å². The van der Waals surface area contributed by atoms with Gasteiger partial charge in [0.25, 0.3) is 0 Å². The first-order chi connectivity index (χ1) is 5.70. The van der Waals surface area contributed by atoms with Crippen LogP contribution in [0.3, 0.4) is 0 Å². The van der Waals surface area contributed by atoms with Gasteiger partial charge in [0, 0.05) is 12.4 Å². The van der Waals surface area contributed by atoms with E-state index in [4.69, 9.17) is 5.73 Å². The van der Waals surface area contributed by atoms with Crippen molar-refractivity contribution in [2.24, 2.45) is 0 Å². The van der Waals surface area contributed by atoms with Crippen LogP contribution in [0, 0.1) is 11.5 Å². The summed E-state index contributed by atoms with van der Waals surface area (Å²) < 4.78 is 0. The maximum absolute atomic E-state index is 5.55. The molecule has 0 aliphatic carbocycles. The molecular weight excluding hydrogens is 166 g/mol. The van der Waals surface area contributed by atoms with E-state index in [1.807, 2.05) is 0 Å². The second-order valence-electron chi connectivity index (χ2n) is 2.71. The molecule has 3 nitrogen and oxygen atoms in total. The molecule has 0 bridgehead atoms. The van der Waals surface area contributed by atoms with Crippen LogP contribution in [0.15, 0.2) is 12.4 Å². The Hall–Kier alpha value is -1.34. The summed E-state index contributed by atoms with van der Waals surface area (Å²) in [7, 11) is -0.845. The van der Waals surface area contributed by atoms with Gasteiger partial charge in [-0.15, -0.1) is 5.54 Å². The molecule has 1 aromatic heterocycles. The number of hydrogen-bond donors (Lipinski definition) is 1. The van der Waals surface area contributed by atoms with E-state index in [0.717, 1.165) is 0 Å². The lowest BCUT2D eigenvalue weighted by Crippen LogP contribution is -1.98. The van der Waals surface area contributed by atoms with E-state index in [9.17, 15) is 0 Å². The molecular formula is C8H11N3Si. The molecule has 0 saturated heterocycles. The number of hydrogen-bond acceptors (Lipinski definition) is 3. The van der Waals surface area contributed by atoms with Crippen molar-refractivity contribution in [3.8, 4) is 11.5 Å². The van der Waals surface area contributed by atoms with E-state index in [2.05, 4.69) is 34.5 Å². The third-order valence-electron chi connectivity index (χ3n) is 1.21. The highest BCUT2D eigenvalue weighted by Crippen LogP contribution is 1.99. The van der Waals surface area contributed by atoms with Gasteiger partial charge in [-0.25, -0.2) is 9.97 Å². The van der Waals surface area contributed by atoms with E-state index in [0.29, 0.717) is 11.5 Å². The van der Waals surface area contributed by atoms with E-state index in [1.54, 1.807) is 12.4 Å². The van der Waals surface area contributed by atoms with Crippen molar-refractivity contribution < 1.29 is 0 Å². The van der Waals surface area contributed by atoms with Crippen LogP contribution >= 0.6 is 0 Å². The Kier molecular flexibility index (Phi) is 2.83. The van der Waals surface area contributed by atoms with Gasteiger partial charge in [0.05, 0.1) is 0 Å². The maximum Gasteiger partial charge on any atom is 0.158 e. The lowest BCUT2D eigenvalue weighted by atomic mass is 10.4. The Bertz CT molecular complexity index is 325. The summed E-state index contributed by atoms with van der Waals surface area (Å²) in [5.74, 6) is 3.34. The summed E-state index contributed by atoms with van der Waals surface area (Å²) in [6, 6.07) is 0. The van der Waals surface area contributed by atoms with E-state index in [1.165, 1.54) is 0 Å². The molecule has 0 unspecified atom stereocenters. The largest absolute Gasteiger partial charge is 0.381 e. The number of anilines is 1. The van der Waals surface area contributed by atoms with Crippen LogP contribution in [0.25, 0.3) is 0 Å². The van der Waals surface area contributed by atoms with Gasteiger partial charge in [-0.3, -0.25) is 0 Å². The molecule has 0 atom stereocenters. The zero-order valence-corrected chi connectivity index (χ0v) is 8.36. The van der Waals surface area contributed by atoms with E-state index < -0.39 is 8.80 Å². The van der Waals surface area contributed by atoms with Crippen LogP contribution in [-0.4, -0.2) is 18.8 Å². The van der Waals surface area contributed by atoms with Crippen LogP contribution in [0.1, 0.15) is 5.69 Å². The Morgan fingerprint density at radius 2 is 2.00 bits per heavy atom. The highest BCUT2D eigenvalue weighted by atomic mass is 28.3. The molecule has 0 amide bonds. The minimum Gasteiger partial charge on any atom is -0.381 e. The zero-order chi connectivity index (χ0) is 8.97. The standard InChI is InChI=1S/C8H11N3Si/c1-12(2)6-3-7-8(9)11-5-4-10-7/h4-5,12H,1-2H3,(H2,9,11). The van der Waals surface area contributed by atoms with Crippen LogP contribution in [0.5, 0.6) is 0 Å². The molecule has 1 aromatic rings. The van der Waals surface area contributed by atoms with Gasteiger partial charge in [-0.05, 0) is 0 Å². The molecule has 2 N–H and O–H groups in total. The monoisotopic (exact) mass is 177 g/mol. The van der Waals surface area contributed by atoms with Gasteiger partial charge in [-0.1, -0.05) is 19.0 Å². The molecule has 0 saturated carbocycles. The quantitative estimate of drug-likeness (QED) is 0.462. The van der Waals surface area contributed by atoms with Gasteiger partial charge in [-0.2, -0.15) is 0 Å². The number of nitrogens with zero attached hydrogens (tertiary/aromatic N) is 2. The lowest BCUT2D eigenvalue weighted by molar-refractivity contribution is 1.19. The fourth-order valence-electron chi connectivity index (χ4n) is 0.658. The van der Waals surface area contributed by atoms with Crippen LogP contribution in [0.2, 0.25) is 13.1 Å². The average molecular weight is 177 g/mol. The fourth-order valence-corrected chi connectivity index (χ4v) is 1.08. The summed E-state index contributed by atoms with van der Waals surface area (Å²) in [5.41, 5.74) is 9.25. The first-order valence-electron chi connectivity index (χ1n) is 3.78. The number of nitrogens with two attached hydrogens (primary N) is 1. The summed E-state index contributed by atoms with van der Waals surface area (Å²) in [6.45, 7) is 4.30. The van der Waals surface area contributed by atoms with Crippen LogP contribution in [-0.2, 0) is 0 Å². The van der Waals surface area contributed by atoms with Gasteiger partial charge in [0.1, 0.15) is 8.80 Å². The Balaban J connectivity index is 2.92. The van der Waals surface area contributed by atoms with Crippen molar-refractivity contribution in [3.05, 3.63) is 18.1 Å². The highest BCUT2D eigenvalue weighted by molar-refractivity contribution is 6.64. The van der Waals surface area contributed by atoms with Crippen molar-refractivity contribution in [2.45, 2.75) is 13.1 Å². The average Bonchev–Trinajstić information content (AvgIpc) is 2.03. The van der Waals surface area contributed by atoms with Crippen molar-refractivity contribution in [3.63, 3.8) is 0 Å². The topological polar surface area (TPSA) is 51.8 Å². The SMILES string of the molecule is C[SiH](C)C#Cc1nccnc1N. The highest BCUT2D eigenvalue weighted by Gasteiger charge is 1.94. The minimum absolute atomic E-state index is 0.416. The normalized spacial score (nSPS) is 9.25. The zero-order valence-electron chi connectivity index (χ0n) is 7.20. The van der Waals surface area contributed by atoms with Gasteiger partial charge < -0.3 is 5.73 Å². The maximum atomic E-state index is 5.55. The van der Waals surface area contributed by atoms with Gasteiger partial charge in [0.15, 0.2) is 11.5 Å². The molecule has 12 heavy (non-hydrogen) atoms. The molecule has 0 aromatic carbocycles.